The van der Waals surface area contributed by atoms with Gasteiger partial charge in [0.05, 0.1) is 18.0 Å². The van der Waals surface area contributed by atoms with Gasteiger partial charge >= 0.3 is 0 Å². The molecule has 0 fully saturated rings. The summed E-state index contributed by atoms with van der Waals surface area (Å²) in [5.41, 5.74) is 1.76. The molecule has 2 atom stereocenters. The lowest BCUT2D eigenvalue weighted by molar-refractivity contribution is -0.134. The van der Waals surface area contributed by atoms with E-state index in [-0.39, 0.29) is 11.2 Å². The maximum atomic E-state index is 13.0. The Balaban J connectivity index is 0.000000735. The molecular formula is C22H28N2O5S. The minimum absolute atomic E-state index is 0.259. The Bertz CT molecular complexity index is 853. The van der Waals surface area contributed by atoms with E-state index in [1.807, 2.05) is 67.5 Å². The number of nitrogens with zero attached hydrogens (tertiary/aromatic N) is 2. The summed E-state index contributed by atoms with van der Waals surface area (Å²) in [6.07, 6.45) is -1.11. The number of hydrogen-bond acceptors (Lipinski definition) is 6. The summed E-state index contributed by atoms with van der Waals surface area (Å²) in [7, 11) is 5.56. The number of likely N-dealkylation sites (N-methyl/N-ethyl adjacent to an activating group) is 1. The molecule has 3 rings (SSSR count). The molecule has 2 N–H and O–H groups in total. The van der Waals surface area contributed by atoms with Crippen molar-refractivity contribution in [1.82, 2.24) is 4.90 Å². The van der Waals surface area contributed by atoms with Gasteiger partial charge in [-0.05, 0) is 43.9 Å². The Kier molecular flexibility index (Phi) is 8.71. The lowest BCUT2D eigenvalue weighted by Crippen LogP contribution is -2.43. The zero-order chi connectivity index (χ0) is 22.3. The van der Waals surface area contributed by atoms with Gasteiger partial charge < -0.3 is 24.7 Å². The number of anilines is 1. The fraction of sp³-hybridized carbons (Fsp3) is 0.364. The number of para-hydroxylation sites is 1. The molecule has 1 aliphatic heterocycles. The lowest BCUT2D eigenvalue weighted by atomic mass is 10.1. The van der Waals surface area contributed by atoms with Crippen LogP contribution in [0.3, 0.4) is 0 Å². The van der Waals surface area contributed by atoms with Gasteiger partial charge in [0.15, 0.2) is 0 Å². The van der Waals surface area contributed by atoms with E-state index < -0.39 is 12.1 Å². The molecule has 2 aromatic rings. The van der Waals surface area contributed by atoms with Gasteiger partial charge in [0.2, 0.25) is 0 Å². The molecule has 0 radical (unpaired) electrons. The van der Waals surface area contributed by atoms with E-state index in [9.17, 15) is 9.90 Å². The molecule has 7 nitrogen and oxygen atoms in total. The molecule has 0 spiro atoms. The maximum Gasteiger partial charge on any atom is 0.300 e. The summed E-state index contributed by atoms with van der Waals surface area (Å²) in [6, 6.07) is 15.4. The van der Waals surface area contributed by atoms with Crippen LogP contribution >= 0.6 is 11.8 Å². The molecule has 1 heterocycles. The van der Waals surface area contributed by atoms with Crippen LogP contribution in [0.25, 0.3) is 0 Å². The van der Waals surface area contributed by atoms with Crippen LogP contribution in [0, 0.1) is 0 Å². The molecule has 0 aliphatic carbocycles. The number of carbonyl (C=O) groups excluding carboxylic acids is 1. The third-order valence-electron chi connectivity index (χ3n) is 4.43. The number of thioether (sulfide) groups is 1. The van der Waals surface area contributed by atoms with Gasteiger partial charge in [0.25, 0.3) is 11.9 Å². The van der Waals surface area contributed by atoms with Crippen LogP contribution in [-0.2, 0) is 9.59 Å². The van der Waals surface area contributed by atoms with Crippen LogP contribution in [-0.4, -0.2) is 67.4 Å². The van der Waals surface area contributed by atoms with Crippen molar-refractivity contribution in [3.63, 3.8) is 0 Å². The number of aliphatic hydroxyl groups is 1. The zero-order valence-corrected chi connectivity index (χ0v) is 18.4. The Labute approximate surface area is 181 Å². The van der Waals surface area contributed by atoms with Gasteiger partial charge in [-0.1, -0.05) is 24.3 Å². The van der Waals surface area contributed by atoms with Crippen molar-refractivity contribution in [3.05, 3.63) is 54.1 Å². The highest BCUT2D eigenvalue weighted by Gasteiger charge is 2.37. The van der Waals surface area contributed by atoms with Crippen LogP contribution in [0.1, 0.15) is 17.7 Å². The second-order valence-electron chi connectivity index (χ2n) is 7.04. The number of fused-ring (bicyclic) bond motifs is 1. The number of ether oxygens (including phenoxy) is 1. The largest absolute Gasteiger partial charge is 0.497 e. The Morgan fingerprint density at radius 2 is 1.77 bits per heavy atom. The fourth-order valence-electron chi connectivity index (χ4n) is 2.96. The van der Waals surface area contributed by atoms with Crippen molar-refractivity contribution in [1.29, 1.82) is 0 Å². The first-order valence-electron chi connectivity index (χ1n) is 9.48. The molecule has 0 bridgehead atoms. The number of rotatable bonds is 5. The standard InChI is InChI=1S/C20H24N2O3S.C2H4O2/c1-21(2)12-13-22-16-6-4-5-7-17(16)26-19(18(23)20(22)24)14-8-10-15(25-3)11-9-14;1-2(3)4/h4-11,18-19,23H,12-13H2,1-3H3;1H3,(H,3,4)/t18-,19+;/m1./s1. The first-order valence-corrected chi connectivity index (χ1v) is 10.4. The minimum atomic E-state index is -1.11. The molecular weight excluding hydrogens is 404 g/mol. The van der Waals surface area contributed by atoms with Crippen molar-refractivity contribution >= 4 is 29.3 Å². The molecule has 2 aromatic carbocycles. The summed E-state index contributed by atoms with van der Waals surface area (Å²) in [4.78, 5) is 26.8. The average Bonchev–Trinajstić information content (AvgIpc) is 2.81. The molecule has 162 valence electrons. The Morgan fingerprint density at radius 3 is 2.33 bits per heavy atom. The van der Waals surface area contributed by atoms with Crippen LogP contribution in [0.5, 0.6) is 5.75 Å². The summed E-state index contributed by atoms with van der Waals surface area (Å²) in [6.45, 7) is 2.35. The van der Waals surface area contributed by atoms with E-state index in [1.165, 1.54) is 11.8 Å². The third kappa shape index (κ3) is 6.22. The highest BCUT2D eigenvalue weighted by molar-refractivity contribution is 7.99. The number of aliphatic carboxylic acids is 1. The van der Waals surface area contributed by atoms with E-state index in [0.29, 0.717) is 6.54 Å². The molecule has 0 saturated heterocycles. The lowest BCUT2D eigenvalue weighted by Gasteiger charge is -2.26. The van der Waals surface area contributed by atoms with E-state index >= 15 is 0 Å². The number of carboxylic acid groups (broad SMARTS) is 1. The summed E-state index contributed by atoms with van der Waals surface area (Å²) < 4.78 is 5.21. The maximum absolute atomic E-state index is 13.0. The first kappa shape index (κ1) is 23.7. The number of carboxylic acids is 1. The van der Waals surface area contributed by atoms with Gasteiger partial charge in [0.1, 0.15) is 11.9 Å². The molecule has 1 amide bonds. The molecule has 8 heteroatoms. The van der Waals surface area contributed by atoms with Gasteiger partial charge in [-0.2, -0.15) is 0 Å². The molecule has 30 heavy (non-hydrogen) atoms. The highest BCUT2D eigenvalue weighted by atomic mass is 32.2. The predicted octanol–water partition coefficient (Wildman–Crippen LogP) is 2.89. The van der Waals surface area contributed by atoms with Crippen molar-refractivity contribution in [2.24, 2.45) is 0 Å². The number of carbonyl (C=O) groups is 2. The summed E-state index contributed by atoms with van der Waals surface area (Å²) in [5, 5.41) is 17.9. The van der Waals surface area contributed by atoms with Gasteiger partial charge in [-0.15, -0.1) is 11.8 Å². The van der Waals surface area contributed by atoms with Crippen molar-refractivity contribution in [3.8, 4) is 5.75 Å². The van der Waals surface area contributed by atoms with Gasteiger partial charge in [-0.25, -0.2) is 0 Å². The number of hydrogen-bond donors (Lipinski definition) is 2. The highest BCUT2D eigenvalue weighted by Crippen LogP contribution is 2.45. The smallest absolute Gasteiger partial charge is 0.300 e. The molecule has 0 aromatic heterocycles. The van der Waals surface area contributed by atoms with Crippen molar-refractivity contribution < 1.29 is 24.5 Å². The normalized spacial score (nSPS) is 18.2. The van der Waals surface area contributed by atoms with Crippen LogP contribution in [0.15, 0.2) is 53.4 Å². The van der Waals surface area contributed by atoms with E-state index in [1.54, 1.807) is 12.0 Å². The number of methoxy groups -OCH3 is 1. The van der Waals surface area contributed by atoms with Crippen LogP contribution in [0.2, 0.25) is 0 Å². The predicted molar refractivity (Wildman–Crippen MR) is 118 cm³/mol. The van der Waals surface area contributed by atoms with Crippen LogP contribution < -0.4 is 9.64 Å². The van der Waals surface area contributed by atoms with Gasteiger partial charge in [-0.3, -0.25) is 9.59 Å². The third-order valence-corrected chi connectivity index (χ3v) is 5.81. The topological polar surface area (TPSA) is 90.3 Å². The Hall–Kier alpha value is -2.55. The van der Waals surface area contributed by atoms with Crippen LogP contribution in [0.4, 0.5) is 5.69 Å². The average molecular weight is 433 g/mol. The minimum Gasteiger partial charge on any atom is -0.497 e. The summed E-state index contributed by atoms with van der Waals surface area (Å²) in [5.74, 6) is -0.341. The quantitative estimate of drug-likeness (QED) is 0.751. The first-order chi connectivity index (χ1) is 14.2. The Morgan fingerprint density at radius 1 is 1.17 bits per heavy atom. The van der Waals surface area contributed by atoms with Crippen molar-refractivity contribution in [2.45, 2.75) is 23.2 Å². The zero-order valence-electron chi connectivity index (χ0n) is 17.6. The number of amides is 1. The van der Waals surface area contributed by atoms with E-state index in [4.69, 9.17) is 14.6 Å². The summed E-state index contributed by atoms with van der Waals surface area (Å²) >= 11 is 1.53. The number of benzene rings is 2. The van der Waals surface area contributed by atoms with Gasteiger partial charge in [0, 0.05) is 24.9 Å². The van der Waals surface area contributed by atoms with E-state index in [0.717, 1.165) is 35.4 Å². The molecule has 0 unspecified atom stereocenters. The van der Waals surface area contributed by atoms with Crippen molar-refractivity contribution in [2.75, 3.05) is 39.2 Å². The molecule has 0 saturated carbocycles. The second kappa shape index (κ2) is 11.0. The van der Waals surface area contributed by atoms with E-state index in [2.05, 4.69) is 0 Å². The second-order valence-corrected chi connectivity index (χ2v) is 8.22. The monoisotopic (exact) mass is 432 g/mol. The fourth-order valence-corrected chi connectivity index (χ4v) is 4.23. The molecule has 1 aliphatic rings. The SMILES string of the molecule is CC(=O)O.COc1ccc([C@@H]2Sc3ccccc3N(CCN(C)C)C(=O)[C@@H]2O)cc1. The number of aliphatic hydroxyl groups excluding tert-OH is 1.